The molecule has 1 aromatic carbocycles. The predicted molar refractivity (Wildman–Crippen MR) is 99.4 cm³/mol. The summed E-state index contributed by atoms with van der Waals surface area (Å²) in [6.07, 6.45) is 5.50. The zero-order chi connectivity index (χ0) is 18.9. The maximum atomic E-state index is 9.55. The first-order chi connectivity index (χ1) is 12.3. The number of likely N-dealkylation sites (N-methyl/N-ethyl adjacent to an activating group) is 1. The molecule has 5 nitrogen and oxygen atoms in total. The Hall–Kier alpha value is -1.85. The first kappa shape index (κ1) is 18.9. The quantitative estimate of drug-likeness (QED) is 0.790. The van der Waals surface area contributed by atoms with Gasteiger partial charge in [-0.25, -0.2) is 9.59 Å². The summed E-state index contributed by atoms with van der Waals surface area (Å²) in [6, 6.07) is 8.73. The first-order valence-electron chi connectivity index (χ1n) is 8.91. The van der Waals surface area contributed by atoms with Crippen LogP contribution in [0.2, 0.25) is 5.02 Å². The van der Waals surface area contributed by atoms with Gasteiger partial charge in [-0.05, 0) is 61.8 Å². The van der Waals surface area contributed by atoms with E-state index in [1.54, 1.807) is 5.56 Å². The van der Waals surface area contributed by atoms with Gasteiger partial charge in [-0.15, -0.1) is 0 Å². The van der Waals surface area contributed by atoms with Gasteiger partial charge in [0.05, 0.1) is 0 Å². The van der Waals surface area contributed by atoms with Gasteiger partial charge in [0.1, 0.15) is 0 Å². The van der Waals surface area contributed by atoms with E-state index in [1.807, 2.05) is 0 Å². The lowest BCUT2D eigenvalue weighted by atomic mass is 9.64. The van der Waals surface area contributed by atoms with Crippen LogP contribution >= 0.6 is 11.6 Å². The van der Waals surface area contributed by atoms with Crippen LogP contribution in [-0.2, 0) is 15.0 Å². The molecule has 1 aliphatic heterocycles. The summed E-state index contributed by atoms with van der Waals surface area (Å²) in [5.41, 5.74) is 2.00. The molecule has 4 rings (SSSR count). The van der Waals surface area contributed by atoms with Gasteiger partial charge in [0.15, 0.2) is 0 Å². The zero-order valence-electron chi connectivity index (χ0n) is 14.8. The van der Waals surface area contributed by atoms with Crippen molar-refractivity contribution in [2.24, 2.45) is 17.8 Å². The molecule has 3 fully saturated rings. The second-order valence-corrected chi connectivity index (χ2v) is 8.07. The second-order valence-electron chi connectivity index (χ2n) is 7.63. The molecule has 0 amide bonds. The van der Waals surface area contributed by atoms with E-state index in [9.17, 15) is 9.59 Å². The minimum absolute atomic E-state index is 0.447. The number of hydrogen-bond acceptors (Lipinski definition) is 3. The smallest absolute Gasteiger partial charge is 0.328 e. The van der Waals surface area contributed by atoms with Crippen molar-refractivity contribution in [3.05, 3.63) is 47.0 Å². The van der Waals surface area contributed by atoms with Gasteiger partial charge in [-0.3, -0.25) is 0 Å². The average molecular weight is 378 g/mol. The molecule has 1 aromatic rings. The molecular formula is C20H24ClNO4. The Morgan fingerprint density at radius 1 is 1.15 bits per heavy atom. The van der Waals surface area contributed by atoms with Crippen molar-refractivity contribution in [1.29, 1.82) is 0 Å². The molecule has 3 aliphatic rings. The minimum atomic E-state index is -1.26. The fourth-order valence-corrected chi connectivity index (χ4v) is 5.55. The van der Waals surface area contributed by atoms with Crippen LogP contribution in [0.15, 0.2) is 36.4 Å². The first-order valence-corrected chi connectivity index (χ1v) is 9.29. The van der Waals surface area contributed by atoms with E-state index >= 15 is 0 Å². The van der Waals surface area contributed by atoms with Crippen molar-refractivity contribution >= 4 is 23.5 Å². The number of hydrogen-bond donors (Lipinski definition) is 2. The number of benzene rings is 1. The summed E-state index contributed by atoms with van der Waals surface area (Å²) in [6.45, 7) is 2.55. The second kappa shape index (κ2) is 7.41. The Labute approximate surface area is 158 Å². The van der Waals surface area contributed by atoms with Crippen LogP contribution in [0.5, 0.6) is 0 Å². The molecule has 6 heteroatoms. The number of carboxylic acid groups (broad SMARTS) is 2. The molecule has 0 radical (unpaired) electrons. The van der Waals surface area contributed by atoms with Gasteiger partial charge < -0.3 is 15.1 Å². The molecule has 1 saturated heterocycles. The highest BCUT2D eigenvalue weighted by Crippen LogP contribution is 2.63. The number of nitrogens with zero attached hydrogens (tertiary/aromatic N) is 1. The zero-order valence-corrected chi connectivity index (χ0v) is 15.5. The van der Waals surface area contributed by atoms with E-state index in [1.165, 1.54) is 32.4 Å². The van der Waals surface area contributed by atoms with Gasteiger partial charge >= 0.3 is 11.9 Å². The monoisotopic (exact) mass is 377 g/mol. The Morgan fingerprint density at radius 3 is 2.35 bits per heavy atom. The van der Waals surface area contributed by atoms with Gasteiger partial charge in [-0.2, -0.15) is 0 Å². The van der Waals surface area contributed by atoms with Gasteiger partial charge in [0.25, 0.3) is 0 Å². The topological polar surface area (TPSA) is 77.8 Å². The van der Waals surface area contributed by atoms with E-state index in [-0.39, 0.29) is 0 Å². The number of carbonyl (C=O) groups is 2. The van der Waals surface area contributed by atoms with Gasteiger partial charge in [-0.1, -0.05) is 23.7 Å². The lowest BCUT2D eigenvalue weighted by molar-refractivity contribution is -0.134. The van der Waals surface area contributed by atoms with Crippen LogP contribution in [0.1, 0.15) is 24.8 Å². The van der Waals surface area contributed by atoms with E-state index in [4.69, 9.17) is 21.8 Å². The molecule has 2 saturated carbocycles. The summed E-state index contributed by atoms with van der Waals surface area (Å²) >= 11 is 6.06. The summed E-state index contributed by atoms with van der Waals surface area (Å²) in [4.78, 5) is 21.7. The molecule has 1 heterocycles. The maximum Gasteiger partial charge on any atom is 0.328 e. The molecule has 26 heavy (non-hydrogen) atoms. The third-order valence-electron chi connectivity index (χ3n) is 6.22. The van der Waals surface area contributed by atoms with Gasteiger partial charge in [0.2, 0.25) is 0 Å². The Morgan fingerprint density at radius 2 is 1.77 bits per heavy atom. The Balaban J connectivity index is 0.000000211. The van der Waals surface area contributed by atoms with Crippen LogP contribution in [-0.4, -0.2) is 47.2 Å². The van der Waals surface area contributed by atoms with E-state index in [0.717, 1.165) is 22.8 Å². The highest BCUT2D eigenvalue weighted by Gasteiger charge is 2.61. The lowest BCUT2D eigenvalue weighted by Gasteiger charge is -2.39. The molecule has 2 N–H and O–H groups in total. The molecule has 0 aromatic heterocycles. The Bertz CT molecular complexity index is 701. The largest absolute Gasteiger partial charge is 0.478 e. The van der Waals surface area contributed by atoms with Crippen molar-refractivity contribution in [3.8, 4) is 0 Å². The normalized spacial score (nSPS) is 32.3. The number of aliphatic carboxylic acids is 2. The third kappa shape index (κ3) is 3.51. The Kier molecular flexibility index (Phi) is 5.39. The fraction of sp³-hybridized carbons (Fsp3) is 0.500. The molecule has 0 spiro atoms. The van der Waals surface area contributed by atoms with Crippen molar-refractivity contribution in [3.63, 3.8) is 0 Å². The molecule has 2 aliphatic carbocycles. The number of halogens is 1. The van der Waals surface area contributed by atoms with Crippen molar-refractivity contribution in [1.82, 2.24) is 4.90 Å². The highest BCUT2D eigenvalue weighted by atomic mass is 35.5. The summed E-state index contributed by atoms with van der Waals surface area (Å²) in [5.74, 6) is 0.275. The average Bonchev–Trinajstić information content (AvgIpc) is 3.25. The SMILES string of the molecule is CN1CC2C3CCC(C3)C2(c2ccc(Cl)cc2)C1.O=C(O)C=CC(=O)O. The molecule has 4 atom stereocenters. The van der Waals surface area contributed by atoms with Crippen LogP contribution in [0.3, 0.4) is 0 Å². The molecular weight excluding hydrogens is 354 g/mol. The minimum Gasteiger partial charge on any atom is -0.478 e. The van der Waals surface area contributed by atoms with Crippen LogP contribution in [0.4, 0.5) is 0 Å². The number of rotatable bonds is 3. The van der Waals surface area contributed by atoms with Crippen LogP contribution in [0, 0.1) is 17.8 Å². The van der Waals surface area contributed by atoms with Crippen LogP contribution < -0.4 is 0 Å². The lowest BCUT2D eigenvalue weighted by Crippen LogP contribution is -2.40. The van der Waals surface area contributed by atoms with Crippen molar-refractivity contribution < 1.29 is 19.8 Å². The standard InChI is InChI=1S/C16H20ClN.C4H4O4/c1-18-9-15-11-2-3-13(8-11)16(15,10-18)12-4-6-14(17)7-5-12;5-3(6)1-2-4(7)8/h4-7,11,13,15H,2-3,8-10H2,1H3;1-2H,(H,5,6)(H,7,8). The van der Waals surface area contributed by atoms with Crippen molar-refractivity contribution in [2.45, 2.75) is 24.7 Å². The maximum absolute atomic E-state index is 9.55. The highest BCUT2D eigenvalue weighted by molar-refractivity contribution is 6.30. The molecule has 140 valence electrons. The predicted octanol–water partition coefficient (Wildman–Crippen LogP) is 3.28. The van der Waals surface area contributed by atoms with Crippen LogP contribution in [0.25, 0.3) is 0 Å². The molecule has 4 unspecified atom stereocenters. The number of likely N-dealkylation sites (tertiary alicyclic amines) is 1. The third-order valence-corrected chi connectivity index (χ3v) is 6.47. The van der Waals surface area contributed by atoms with E-state index in [2.05, 4.69) is 36.2 Å². The number of fused-ring (bicyclic) bond motifs is 5. The van der Waals surface area contributed by atoms with E-state index < -0.39 is 11.9 Å². The number of carboxylic acids is 2. The summed E-state index contributed by atoms with van der Waals surface area (Å²) in [5, 5.41) is 16.5. The van der Waals surface area contributed by atoms with Gasteiger partial charge in [0, 0.05) is 35.7 Å². The molecule has 2 bridgehead atoms. The van der Waals surface area contributed by atoms with E-state index in [0.29, 0.717) is 17.6 Å². The fourth-order valence-electron chi connectivity index (χ4n) is 5.42. The summed E-state index contributed by atoms with van der Waals surface area (Å²) in [7, 11) is 2.29. The summed E-state index contributed by atoms with van der Waals surface area (Å²) < 4.78 is 0. The van der Waals surface area contributed by atoms with Crippen molar-refractivity contribution in [2.75, 3.05) is 20.1 Å².